The number of carbonyl (C=O) groups is 1. The highest BCUT2D eigenvalue weighted by Crippen LogP contribution is 2.50. The third kappa shape index (κ3) is 4.03. The van der Waals surface area contributed by atoms with E-state index in [0.717, 1.165) is 11.6 Å². The number of rotatable bonds is 3. The van der Waals surface area contributed by atoms with Gasteiger partial charge in [-0.2, -0.15) is 13.2 Å². The number of hydrogen-bond acceptors (Lipinski definition) is 2. The van der Waals surface area contributed by atoms with Gasteiger partial charge in [0.2, 0.25) is 5.91 Å². The Morgan fingerprint density at radius 1 is 0.964 bits per heavy atom. The monoisotopic (exact) mass is 410 g/mol. The van der Waals surface area contributed by atoms with Crippen molar-refractivity contribution in [2.75, 3.05) is 13.1 Å². The standard InChI is InChI=1S/C21H21F3N2O.ClH/c22-21(23,24)15-8-4-7-14(9-15)16-10-17(16)20(27)26-11-18(19(25)12-26)13-5-2-1-3-6-13;/h1-9,16-19H,10-12,25H2;1H/t16?,17?,18-,19+;/m0./s1. The van der Waals surface area contributed by atoms with Gasteiger partial charge >= 0.3 is 6.18 Å². The summed E-state index contributed by atoms with van der Waals surface area (Å²) in [7, 11) is 0. The molecule has 0 aromatic heterocycles. The van der Waals surface area contributed by atoms with Crippen molar-refractivity contribution in [3.05, 3.63) is 71.3 Å². The molecule has 1 aliphatic heterocycles. The molecule has 0 bridgehead atoms. The van der Waals surface area contributed by atoms with E-state index >= 15 is 0 Å². The van der Waals surface area contributed by atoms with Crippen molar-refractivity contribution in [3.8, 4) is 0 Å². The summed E-state index contributed by atoms with van der Waals surface area (Å²) >= 11 is 0. The lowest BCUT2D eigenvalue weighted by Gasteiger charge is -2.17. The molecule has 2 N–H and O–H groups in total. The molecule has 2 aromatic carbocycles. The second-order valence-corrected chi connectivity index (χ2v) is 7.50. The van der Waals surface area contributed by atoms with Gasteiger partial charge in [0.1, 0.15) is 0 Å². The maximum Gasteiger partial charge on any atom is 0.416 e. The molecule has 1 aliphatic carbocycles. The minimum absolute atomic E-state index is 0. The predicted octanol–water partition coefficient (Wildman–Crippen LogP) is 4.18. The second kappa shape index (κ2) is 7.76. The quantitative estimate of drug-likeness (QED) is 0.825. The highest BCUT2D eigenvalue weighted by molar-refractivity contribution is 5.85. The first-order valence-electron chi connectivity index (χ1n) is 9.11. The van der Waals surface area contributed by atoms with Crippen LogP contribution in [0.3, 0.4) is 0 Å². The van der Waals surface area contributed by atoms with E-state index in [1.165, 1.54) is 12.1 Å². The molecular formula is C21H22ClF3N2O. The van der Waals surface area contributed by atoms with Gasteiger partial charge in [-0.25, -0.2) is 0 Å². The summed E-state index contributed by atoms with van der Waals surface area (Å²) in [6.07, 6.45) is -3.77. The van der Waals surface area contributed by atoms with Crippen LogP contribution in [0.1, 0.15) is 34.9 Å². The van der Waals surface area contributed by atoms with Gasteiger partial charge in [0, 0.05) is 31.0 Å². The number of alkyl halides is 3. The van der Waals surface area contributed by atoms with Crippen LogP contribution in [0, 0.1) is 5.92 Å². The van der Waals surface area contributed by atoms with Crippen LogP contribution in [-0.2, 0) is 11.0 Å². The molecule has 3 nitrogen and oxygen atoms in total. The van der Waals surface area contributed by atoms with Crippen LogP contribution >= 0.6 is 12.4 Å². The lowest BCUT2D eigenvalue weighted by atomic mass is 9.95. The van der Waals surface area contributed by atoms with Gasteiger partial charge in [-0.1, -0.05) is 48.5 Å². The average molecular weight is 411 g/mol. The van der Waals surface area contributed by atoms with E-state index in [0.29, 0.717) is 25.1 Å². The van der Waals surface area contributed by atoms with E-state index in [4.69, 9.17) is 5.73 Å². The molecule has 4 rings (SSSR count). The minimum Gasteiger partial charge on any atom is -0.340 e. The average Bonchev–Trinajstić information content (AvgIpc) is 3.36. The topological polar surface area (TPSA) is 46.3 Å². The summed E-state index contributed by atoms with van der Waals surface area (Å²) in [4.78, 5) is 14.6. The van der Waals surface area contributed by atoms with Gasteiger partial charge in [0.15, 0.2) is 0 Å². The smallest absolute Gasteiger partial charge is 0.340 e. The highest BCUT2D eigenvalue weighted by Gasteiger charge is 2.48. The van der Waals surface area contributed by atoms with Crippen molar-refractivity contribution in [2.24, 2.45) is 11.7 Å². The fourth-order valence-electron chi connectivity index (χ4n) is 4.08. The van der Waals surface area contributed by atoms with Crippen molar-refractivity contribution in [3.63, 3.8) is 0 Å². The van der Waals surface area contributed by atoms with Crippen LogP contribution in [0.4, 0.5) is 13.2 Å². The maximum absolute atomic E-state index is 12.9. The van der Waals surface area contributed by atoms with Crippen LogP contribution in [0.25, 0.3) is 0 Å². The molecule has 7 heteroatoms. The molecule has 2 unspecified atom stereocenters. The molecule has 2 fully saturated rings. The van der Waals surface area contributed by atoms with Gasteiger partial charge in [-0.05, 0) is 29.5 Å². The van der Waals surface area contributed by atoms with Crippen molar-refractivity contribution in [2.45, 2.75) is 30.5 Å². The summed E-state index contributed by atoms with van der Waals surface area (Å²) in [5.41, 5.74) is 7.30. The SMILES string of the molecule is Cl.N[C@@H]1CN(C(=O)C2CC2c2cccc(C(F)(F)F)c2)C[C@H]1c1ccccc1. The normalized spacial score (nSPS) is 26.6. The van der Waals surface area contributed by atoms with Crippen LogP contribution < -0.4 is 5.73 Å². The molecule has 2 aromatic rings. The molecular weight excluding hydrogens is 389 g/mol. The van der Waals surface area contributed by atoms with E-state index in [-0.39, 0.29) is 42.1 Å². The summed E-state index contributed by atoms with van der Waals surface area (Å²) in [5.74, 6) is -0.269. The third-order valence-electron chi connectivity index (χ3n) is 5.65. The minimum atomic E-state index is -4.37. The van der Waals surface area contributed by atoms with Gasteiger partial charge < -0.3 is 10.6 Å². The molecule has 150 valence electrons. The fourth-order valence-corrected chi connectivity index (χ4v) is 4.08. The Labute approximate surface area is 168 Å². The molecule has 2 aliphatic rings. The number of halogens is 4. The zero-order valence-corrected chi connectivity index (χ0v) is 15.9. The number of carbonyl (C=O) groups excluding carboxylic acids is 1. The number of hydrogen-bond donors (Lipinski definition) is 1. The number of amides is 1. The number of benzene rings is 2. The van der Waals surface area contributed by atoms with Crippen LogP contribution in [0.5, 0.6) is 0 Å². The zero-order chi connectivity index (χ0) is 19.2. The summed E-state index contributed by atoms with van der Waals surface area (Å²) in [5, 5.41) is 0. The van der Waals surface area contributed by atoms with Crippen molar-refractivity contribution < 1.29 is 18.0 Å². The first-order chi connectivity index (χ1) is 12.8. The number of nitrogens with two attached hydrogens (primary N) is 1. The first-order valence-corrected chi connectivity index (χ1v) is 9.11. The Balaban J connectivity index is 0.00000225. The van der Waals surface area contributed by atoms with E-state index < -0.39 is 11.7 Å². The van der Waals surface area contributed by atoms with E-state index in [1.807, 2.05) is 30.3 Å². The van der Waals surface area contributed by atoms with Gasteiger partial charge in [0.25, 0.3) is 0 Å². The second-order valence-electron chi connectivity index (χ2n) is 7.50. The summed E-state index contributed by atoms with van der Waals surface area (Å²) in [6.45, 7) is 1.06. The molecule has 0 radical (unpaired) electrons. The van der Waals surface area contributed by atoms with Crippen molar-refractivity contribution >= 4 is 18.3 Å². The Bertz CT molecular complexity index is 843. The summed E-state index contributed by atoms with van der Waals surface area (Å²) < 4.78 is 38.7. The van der Waals surface area contributed by atoms with E-state index in [9.17, 15) is 18.0 Å². The zero-order valence-electron chi connectivity index (χ0n) is 15.1. The van der Waals surface area contributed by atoms with Gasteiger partial charge in [0.05, 0.1) is 5.56 Å². The highest BCUT2D eigenvalue weighted by atomic mass is 35.5. The fraction of sp³-hybridized carbons (Fsp3) is 0.381. The maximum atomic E-state index is 12.9. The Kier molecular flexibility index (Phi) is 5.73. The molecule has 1 saturated carbocycles. The molecule has 0 spiro atoms. The van der Waals surface area contributed by atoms with Crippen molar-refractivity contribution in [1.29, 1.82) is 0 Å². The molecule has 4 atom stereocenters. The van der Waals surface area contributed by atoms with Crippen LogP contribution in [0.2, 0.25) is 0 Å². The first kappa shape index (κ1) is 20.7. The van der Waals surface area contributed by atoms with Crippen LogP contribution in [0.15, 0.2) is 54.6 Å². The number of likely N-dealkylation sites (tertiary alicyclic amines) is 1. The van der Waals surface area contributed by atoms with Gasteiger partial charge in [-0.3, -0.25) is 4.79 Å². The molecule has 1 saturated heterocycles. The molecule has 28 heavy (non-hydrogen) atoms. The molecule has 1 amide bonds. The lowest BCUT2D eigenvalue weighted by molar-refractivity contribution is -0.137. The van der Waals surface area contributed by atoms with Crippen molar-refractivity contribution in [1.82, 2.24) is 4.90 Å². The summed E-state index contributed by atoms with van der Waals surface area (Å²) in [6, 6.07) is 15.1. The van der Waals surface area contributed by atoms with Gasteiger partial charge in [-0.15, -0.1) is 12.4 Å². The van der Waals surface area contributed by atoms with Crippen LogP contribution in [-0.4, -0.2) is 29.9 Å². The Morgan fingerprint density at radius 2 is 1.64 bits per heavy atom. The largest absolute Gasteiger partial charge is 0.416 e. The molecule has 1 heterocycles. The number of nitrogens with zero attached hydrogens (tertiary/aromatic N) is 1. The lowest BCUT2D eigenvalue weighted by Crippen LogP contribution is -2.33. The third-order valence-corrected chi connectivity index (χ3v) is 5.65. The Hall–Kier alpha value is -2.05. The van der Waals surface area contributed by atoms with E-state index in [1.54, 1.807) is 11.0 Å². The Morgan fingerprint density at radius 3 is 2.32 bits per heavy atom. The van der Waals surface area contributed by atoms with E-state index in [2.05, 4.69) is 0 Å². The predicted molar refractivity (Wildman–Crippen MR) is 103 cm³/mol.